The highest BCUT2D eigenvalue weighted by atomic mass is 19.4. The van der Waals surface area contributed by atoms with Gasteiger partial charge in [-0.25, -0.2) is 0 Å². The summed E-state index contributed by atoms with van der Waals surface area (Å²) in [5, 5.41) is 23.0. The highest BCUT2D eigenvalue weighted by Gasteiger charge is 2.36. The van der Waals surface area contributed by atoms with Crippen LogP contribution in [0.5, 0.6) is 5.75 Å². The van der Waals surface area contributed by atoms with Gasteiger partial charge in [0.05, 0.1) is 28.3 Å². The first kappa shape index (κ1) is 24.8. The summed E-state index contributed by atoms with van der Waals surface area (Å²) < 4.78 is 47.4. The molecule has 1 aromatic heterocycles. The molecule has 0 saturated heterocycles. The number of pyridine rings is 1. The number of nitrogens with one attached hydrogen (secondary N) is 1. The van der Waals surface area contributed by atoms with Gasteiger partial charge in [0.2, 0.25) is 0 Å². The Balaban J connectivity index is 2.01. The molecule has 1 amide bonds. The molecule has 0 spiro atoms. The fourth-order valence-electron chi connectivity index (χ4n) is 4.04. The summed E-state index contributed by atoms with van der Waals surface area (Å²) >= 11 is 0. The minimum atomic E-state index is -4.71. The lowest BCUT2D eigenvalue weighted by Crippen LogP contribution is -2.55. The maximum atomic E-state index is 13.9. The number of carboxylic acid groups (broad SMARTS) is 1. The van der Waals surface area contributed by atoms with Gasteiger partial charge in [0.15, 0.2) is 0 Å². The quantitative estimate of drug-likeness (QED) is 0.529. The number of fused-ring (bicyclic) bond motifs is 1. The molecule has 1 heterocycles. The maximum Gasteiger partial charge on any atom is 0.419 e. The molecule has 1 unspecified atom stereocenters. The predicted octanol–water partition coefficient (Wildman–Crippen LogP) is 4.91. The van der Waals surface area contributed by atoms with Crippen molar-refractivity contribution in [2.75, 3.05) is 6.61 Å². The smallest absolute Gasteiger partial charge is 0.419 e. The number of carbonyl (C=O) groups excluding carboxylic acids is 1. The maximum absolute atomic E-state index is 13.9. The molecule has 1 atom stereocenters. The predicted molar refractivity (Wildman–Crippen MR) is 119 cm³/mol. The number of benzene rings is 2. The average Bonchev–Trinajstić information content (AvgIpc) is 2.75. The van der Waals surface area contributed by atoms with Gasteiger partial charge >= 0.3 is 6.18 Å². The van der Waals surface area contributed by atoms with Gasteiger partial charge in [-0.05, 0) is 60.7 Å². The number of aromatic nitrogens is 1. The fraction of sp³-hybridized carbons (Fsp3) is 0.320. The van der Waals surface area contributed by atoms with Crippen LogP contribution in [0.15, 0.2) is 48.7 Å². The molecular formula is C25H23F3N3O3-. The Bertz CT molecular complexity index is 1250. The van der Waals surface area contributed by atoms with E-state index in [2.05, 4.69) is 10.3 Å². The molecule has 34 heavy (non-hydrogen) atoms. The molecule has 0 bridgehead atoms. The van der Waals surface area contributed by atoms with Crippen LogP contribution >= 0.6 is 0 Å². The van der Waals surface area contributed by atoms with E-state index in [0.29, 0.717) is 34.0 Å². The zero-order valence-corrected chi connectivity index (χ0v) is 18.9. The van der Waals surface area contributed by atoms with Gasteiger partial charge in [-0.1, -0.05) is 26.0 Å². The Labute approximate surface area is 195 Å². The van der Waals surface area contributed by atoms with E-state index < -0.39 is 29.1 Å². The van der Waals surface area contributed by atoms with Crippen LogP contribution in [0.1, 0.15) is 38.3 Å². The van der Waals surface area contributed by atoms with Crippen molar-refractivity contribution in [2.45, 2.75) is 38.9 Å². The van der Waals surface area contributed by atoms with Gasteiger partial charge in [0.25, 0.3) is 0 Å². The second-order valence-electron chi connectivity index (χ2n) is 8.77. The lowest BCUT2D eigenvalue weighted by molar-refractivity contribution is -0.253. The number of alkyl halides is 3. The molecule has 0 aliphatic carbocycles. The van der Waals surface area contributed by atoms with Crippen molar-refractivity contribution in [3.8, 4) is 22.9 Å². The van der Waals surface area contributed by atoms with Gasteiger partial charge in [0, 0.05) is 11.6 Å². The van der Waals surface area contributed by atoms with Gasteiger partial charge < -0.3 is 20.0 Å². The molecule has 3 rings (SSSR count). The first-order chi connectivity index (χ1) is 15.9. The molecule has 178 valence electrons. The van der Waals surface area contributed by atoms with Crippen molar-refractivity contribution in [1.29, 1.82) is 5.26 Å². The van der Waals surface area contributed by atoms with E-state index in [-0.39, 0.29) is 12.5 Å². The van der Waals surface area contributed by atoms with Gasteiger partial charge in [-0.15, -0.1) is 0 Å². The highest BCUT2D eigenvalue weighted by Crippen LogP contribution is 2.40. The fourth-order valence-corrected chi connectivity index (χ4v) is 4.04. The molecule has 2 aromatic carbocycles. The van der Waals surface area contributed by atoms with Crippen molar-refractivity contribution in [3.05, 3.63) is 59.8 Å². The summed E-state index contributed by atoms with van der Waals surface area (Å²) in [5.41, 5.74) is -0.406. The van der Waals surface area contributed by atoms with Crippen molar-refractivity contribution in [1.82, 2.24) is 10.3 Å². The normalized spacial score (nSPS) is 13.4. The Morgan fingerprint density at radius 1 is 1.21 bits per heavy atom. The molecule has 6 nitrogen and oxygen atoms in total. The number of nitriles is 1. The van der Waals surface area contributed by atoms with Crippen LogP contribution < -0.4 is 15.2 Å². The largest absolute Gasteiger partial charge is 0.530 e. The lowest BCUT2D eigenvalue weighted by atomic mass is 9.91. The number of nitrogens with zero attached hydrogens (tertiary/aromatic N) is 2. The van der Waals surface area contributed by atoms with Crippen LogP contribution in [-0.2, 0) is 6.18 Å². The number of carbonyl (C=O) groups is 1. The second kappa shape index (κ2) is 9.59. The summed E-state index contributed by atoms with van der Waals surface area (Å²) in [4.78, 5) is 15.3. The van der Waals surface area contributed by atoms with E-state index in [1.54, 1.807) is 31.2 Å². The molecule has 0 radical (unpaired) electrons. The SMILES string of the molecule is CC(C)CC(C)(COc1ccc(-c2ccnc3cc(C#N)ccc23)cc1C(F)(F)F)NC(=O)[O-]. The molecule has 0 aliphatic heterocycles. The van der Waals surface area contributed by atoms with Crippen LogP contribution in [0, 0.1) is 17.2 Å². The van der Waals surface area contributed by atoms with Crippen LogP contribution in [0.2, 0.25) is 0 Å². The second-order valence-corrected chi connectivity index (χ2v) is 8.77. The number of rotatable bonds is 7. The Morgan fingerprint density at radius 2 is 1.94 bits per heavy atom. The molecule has 0 saturated carbocycles. The molecule has 0 fully saturated rings. The molecule has 3 aromatic rings. The number of halogens is 3. The molecule has 0 aliphatic rings. The van der Waals surface area contributed by atoms with Gasteiger partial charge in [-0.2, -0.15) is 18.4 Å². The standard InChI is InChI=1S/C25H24F3N3O3/c1-15(2)12-24(3,31-23(32)33)14-34-22-7-5-17(11-20(22)25(26,27)28)18-8-9-30-21-10-16(13-29)4-6-19(18)21/h4-11,15,31H,12,14H2,1-3H3,(H,32,33)/p-1. The monoisotopic (exact) mass is 470 g/mol. The van der Waals surface area contributed by atoms with E-state index in [1.165, 1.54) is 18.3 Å². The molecule has 1 N–H and O–H groups in total. The molecular weight excluding hydrogens is 447 g/mol. The van der Waals surface area contributed by atoms with Crippen LogP contribution in [-0.4, -0.2) is 23.2 Å². The van der Waals surface area contributed by atoms with Crippen molar-refractivity contribution in [2.24, 2.45) is 5.92 Å². The number of ether oxygens (including phenoxy) is 1. The minimum absolute atomic E-state index is 0.0615. The van der Waals surface area contributed by atoms with E-state index in [4.69, 9.17) is 10.00 Å². The van der Waals surface area contributed by atoms with Gasteiger partial charge in [-0.3, -0.25) is 4.98 Å². The Kier molecular flexibility index (Phi) is 7.01. The van der Waals surface area contributed by atoms with E-state index in [9.17, 15) is 23.1 Å². The third kappa shape index (κ3) is 5.76. The van der Waals surface area contributed by atoms with E-state index in [0.717, 1.165) is 6.07 Å². The molecule has 9 heteroatoms. The third-order valence-corrected chi connectivity index (χ3v) is 5.28. The van der Waals surface area contributed by atoms with E-state index in [1.807, 2.05) is 19.9 Å². The average molecular weight is 470 g/mol. The summed E-state index contributed by atoms with van der Waals surface area (Å²) in [6.45, 7) is 4.98. The van der Waals surface area contributed by atoms with Crippen molar-refractivity contribution < 1.29 is 27.8 Å². The highest BCUT2D eigenvalue weighted by molar-refractivity contribution is 5.95. The number of hydrogen-bond donors (Lipinski definition) is 1. The summed E-state index contributed by atoms with van der Waals surface area (Å²) in [6.07, 6.45) is -4.42. The lowest BCUT2D eigenvalue weighted by Gasteiger charge is -2.34. The van der Waals surface area contributed by atoms with Gasteiger partial charge in [0.1, 0.15) is 18.4 Å². The number of amides is 1. The van der Waals surface area contributed by atoms with Crippen molar-refractivity contribution >= 4 is 17.0 Å². The van der Waals surface area contributed by atoms with Crippen molar-refractivity contribution in [3.63, 3.8) is 0 Å². The first-order valence-electron chi connectivity index (χ1n) is 10.5. The topological polar surface area (TPSA) is 98.1 Å². The van der Waals surface area contributed by atoms with Crippen LogP contribution in [0.3, 0.4) is 0 Å². The third-order valence-electron chi connectivity index (χ3n) is 5.28. The van der Waals surface area contributed by atoms with Crippen LogP contribution in [0.4, 0.5) is 18.0 Å². The minimum Gasteiger partial charge on any atom is -0.530 e. The Hall–Kier alpha value is -3.80. The zero-order chi connectivity index (χ0) is 25.1. The zero-order valence-electron chi connectivity index (χ0n) is 18.9. The number of hydrogen-bond acceptors (Lipinski definition) is 5. The Morgan fingerprint density at radius 3 is 2.56 bits per heavy atom. The summed E-state index contributed by atoms with van der Waals surface area (Å²) in [6, 6.07) is 12.1. The van der Waals surface area contributed by atoms with E-state index >= 15 is 0 Å². The first-order valence-corrected chi connectivity index (χ1v) is 10.5. The van der Waals surface area contributed by atoms with Crippen LogP contribution in [0.25, 0.3) is 22.0 Å². The summed E-state index contributed by atoms with van der Waals surface area (Å²) in [5.74, 6) is -0.344. The summed E-state index contributed by atoms with van der Waals surface area (Å²) in [7, 11) is 0.